The van der Waals surface area contributed by atoms with Gasteiger partial charge in [-0.05, 0) is 32.4 Å². The molecule has 1 saturated heterocycles. The maximum atomic E-state index is 11.6. The van der Waals surface area contributed by atoms with Crippen LogP contribution >= 0.6 is 11.8 Å². The van der Waals surface area contributed by atoms with Gasteiger partial charge in [0, 0.05) is 11.8 Å². The summed E-state index contributed by atoms with van der Waals surface area (Å²) < 4.78 is 0. The van der Waals surface area contributed by atoms with E-state index in [2.05, 4.69) is 17.6 Å². The third-order valence-electron chi connectivity index (χ3n) is 3.09. The van der Waals surface area contributed by atoms with Crippen molar-refractivity contribution in [1.29, 1.82) is 0 Å². The Hall–Kier alpha value is -0.220. The molecule has 1 amide bonds. The van der Waals surface area contributed by atoms with Crippen LogP contribution in [0, 0.1) is 0 Å². The number of hydrogen-bond acceptors (Lipinski definition) is 3. The molecule has 4 heteroatoms. The third-order valence-corrected chi connectivity index (χ3v) is 4.46. The van der Waals surface area contributed by atoms with E-state index in [9.17, 15) is 4.79 Å². The van der Waals surface area contributed by atoms with Crippen LogP contribution < -0.4 is 10.6 Å². The molecular formula is C13H26N2OS. The first-order valence-corrected chi connectivity index (χ1v) is 7.97. The second kappa shape index (κ2) is 9.77. The van der Waals surface area contributed by atoms with Crippen LogP contribution in [0.4, 0.5) is 0 Å². The summed E-state index contributed by atoms with van der Waals surface area (Å²) in [6.45, 7) is 5.27. The van der Waals surface area contributed by atoms with E-state index >= 15 is 0 Å². The van der Waals surface area contributed by atoms with Gasteiger partial charge in [-0.1, -0.05) is 26.2 Å². The Kier molecular flexibility index (Phi) is 8.53. The lowest BCUT2D eigenvalue weighted by atomic mass is 10.2. The van der Waals surface area contributed by atoms with Gasteiger partial charge in [0.25, 0.3) is 0 Å². The van der Waals surface area contributed by atoms with Crippen molar-refractivity contribution in [3.05, 3.63) is 0 Å². The summed E-state index contributed by atoms with van der Waals surface area (Å²) in [5.74, 6) is 0.850. The number of hydrogen-bond donors (Lipinski definition) is 2. The fraction of sp³-hybridized carbons (Fsp3) is 0.923. The van der Waals surface area contributed by atoms with Gasteiger partial charge < -0.3 is 10.6 Å². The number of unbranched alkanes of at least 4 members (excludes halogenated alkanes) is 3. The monoisotopic (exact) mass is 258 g/mol. The first kappa shape index (κ1) is 14.8. The maximum Gasteiger partial charge on any atom is 0.230 e. The molecule has 100 valence electrons. The molecule has 1 heterocycles. The third kappa shape index (κ3) is 7.66. The molecule has 1 aliphatic rings. The second-order valence-electron chi connectivity index (χ2n) is 4.67. The summed E-state index contributed by atoms with van der Waals surface area (Å²) in [5, 5.41) is 7.03. The fourth-order valence-corrected chi connectivity index (χ4v) is 3.04. The van der Waals surface area contributed by atoms with Gasteiger partial charge in [-0.3, -0.25) is 4.79 Å². The Bertz CT molecular complexity index is 206. The van der Waals surface area contributed by atoms with E-state index in [1.807, 2.05) is 11.8 Å². The summed E-state index contributed by atoms with van der Waals surface area (Å²) >= 11 is 1.82. The number of thioether (sulfide) groups is 1. The van der Waals surface area contributed by atoms with Crippen LogP contribution in [0.5, 0.6) is 0 Å². The van der Waals surface area contributed by atoms with Crippen molar-refractivity contribution in [2.45, 2.75) is 50.7 Å². The highest BCUT2D eigenvalue weighted by Gasteiger charge is 2.14. The van der Waals surface area contributed by atoms with Crippen molar-refractivity contribution in [1.82, 2.24) is 10.6 Å². The molecule has 0 spiro atoms. The molecule has 0 radical (unpaired) electrons. The normalized spacial score (nSPS) is 17.0. The van der Waals surface area contributed by atoms with Crippen LogP contribution in [-0.2, 0) is 4.79 Å². The number of nitrogens with one attached hydrogen (secondary N) is 2. The van der Waals surface area contributed by atoms with Crippen molar-refractivity contribution in [3.8, 4) is 0 Å². The number of piperidine rings is 1. The zero-order chi connectivity index (χ0) is 12.3. The second-order valence-corrected chi connectivity index (χ2v) is 5.96. The molecule has 0 aromatic rings. The number of carbonyl (C=O) groups is 1. The Morgan fingerprint density at radius 1 is 1.29 bits per heavy atom. The first-order chi connectivity index (χ1) is 8.33. The van der Waals surface area contributed by atoms with E-state index in [-0.39, 0.29) is 5.91 Å². The van der Waals surface area contributed by atoms with Gasteiger partial charge in [0.15, 0.2) is 0 Å². The summed E-state index contributed by atoms with van der Waals surface area (Å²) in [4.78, 5) is 11.6. The Balaban J connectivity index is 1.93. The van der Waals surface area contributed by atoms with Crippen molar-refractivity contribution in [2.75, 3.05) is 25.4 Å². The molecule has 0 aromatic heterocycles. The summed E-state index contributed by atoms with van der Waals surface area (Å²) in [6, 6.07) is 0. The number of rotatable bonds is 8. The van der Waals surface area contributed by atoms with Gasteiger partial charge in [-0.2, -0.15) is 0 Å². The minimum Gasteiger partial charge on any atom is -0.355 e. The Morgan fingerprint density at radius 2 is 2.06 bits per heavy atom. The van der Waals surface area contributed by atoms with E-state index in [0.29, 0.717) is 11.0 Å². The van der Waals surface area contributed by atoms with E-state index < -0.39 is 0 Å². The molecule has 17 heavy (non-hydrogen) atoms. The first-order valence-electron chi connectivity index (χ1n) is 6.92. The molecule has 0 unspecified atom stereocenters. The van der Waals surface area contributed by atoms with E-state index in [4.69, 9.17) is 0 Å². The Labute approximate surface area is 109 Å². The van der Waals surface area contributed by atoms with Crippen LogP contribution in [0.25, 0.3) is 0 Å². The summed E-state index contributed by atoms with van der Waals surface area (Å²) in [7, 11) is 0. The van der Waals surface area contributed by atoms with Crippen LogP contribution in [0.3, 0.4) is 0 Å². The molecule has 0 bridgehead atoms. The smallest absolute Gasteiger partial charge is 0.230 e. The van der Waals surface area contributed by atoms with Gasteiger partial charge in [-0.15, -0.1) is 11.8 Å². The summed E-state index contributed by atoms with van der Waals surface area (Å²) in [6.07, 6.45) is 7.29. The largest absolute Gasteiger partial charge is 0.355 e. The minimum atomic E-state index is 0.213. The van der Waals surface area contributed by atoms with E-state index in [1.165, 1.54) is 32.1 Å². The lowest BCUT2D eigenvalue weighted by Gasteiger charge is -2.21. The predicted molar refractivity (Wildman–Crippen MR) is 75.5 cm³/mol. The average molecular weight is 258 g/mol. The zero-order valence-electron chi connectivity index (χ0n) is 11.0. The highest BCUT2D eigenvalue weighted by Crippen LogP contribution is 2.19. The van der Waals surface area contributed by atoms with Crippen molar-refractivity contribution in [3.63, 3.8) is 0 Å². The molecule has 1 fully saturated rings. The number of carbonyl (C=O) groups excluding carboxylic acids is 1. The van der Waals surface area contributed by atoms with Crippen LogP contribution in [-0.4, -0.2) is 36.5 Å². The molecule has 2 N–H and O–H groups in total. The maximum absolute atomic E-state index is 11.6. The molecule has 1 rings (SSSR count). The minimum absolute atomic E-state index is 0.213. The van der Waals surface area contributed by atoms with E-state index in [1.54, 1.807) is 0 Å². The van der Waals surface area contributed by atoms with Crippen molar-refractivity contribution in [2.24, 2.45) is 0 Å². The van der Waals surface area contributed by atoms with Crippen molar-refractivity contribution < 1.29 is 4.79 Å². The van der Waals surface area contributed by atoms with E-state index in [0.717, 1.165) is 26.1 Å². The van der Waals surface area contributed by atoms with Crippen LogP contribution in [0.15, 0.2) is 0 Å². The standard InChI is InChI=1S/C13H26N2OS/c1-2-3-4-5-8-15-13(16)11-17-12-6-9-14-10-7-12/h12,14H,2-11H2,1H3,(H,15,16). The zero-order valence-corrected chi connectivity index (χ0v) is 11.8. The predicted octanol–water partition coefficient (Wildman–Crippen LogP) is 2.17. The van der Waals surface area contributed by atoms with Gasteiger partial charge in [-0.25, -0.2) is 0 Å². The van der Waals surface area contributed by atoms with Gasteiger partial charge >= 0.3 is 0 Å². The summed E-state index contributed by atoms with van der Waals surface area (Å²) in [5.41, 5.74) is 0. The highest BCUT2D eigenvalue weighted by atomic mass is 32.2. The lowest BCUT2D eigenvalue weighted by molar-refractivity contribution is -0.118. The highest BCUT2D eigenvalue weighted by molar-refractivity contribution is 8.00. The number of amides is 1. The van der Waals surface area contributed by atoms with Crippen molar-refractivity contribution >= 4 is 17.7 Å². The lowest BCUT2D eigenvalue weighted by Crippen LogP contribution is -2.31. The molecule has 0 aliphatic carbocycles. The Morgan fingerprint density at radius 3 is 2.76 bits per heavy atom. The molecular weight excluding hydrogens is 232 g/mol. The molecule has 1 aliphatic heterocycles. The van der Waals surface area contributed by atoms with Crippen LogP contribution in [0.1, 0.15) is 45.4 Å². The quantitative estimate of drug-likeness (QED) is 0.656. The molecule has 0 saturated carbocycles. The molecule has 0 aromatic carbocycles. The van der Waals surface area contributed by atoms with Gasteiger partial charge in [0.1, 0.15) is 0 Å². The fourth-order valence-electron chi connectivity index (χ4n) is 1.99. The van der Waals surface area contributed by atoms with Crippen LogP contribution in [0.2, 0.25) is 0 Å². The topological polar surface area (TPSA) is 41.1 Å². The molecule has 0 atom stereocenters. The van der Waals surface area contributed by atoms with Gasteiger partial charge in [0.05, 0.1) is 5.75 Å². The van der Waals surface area contributed by atoms with Gasteiger partial charge in [0.2, 0.25) is 5.91 Å². The average Bonchev–Trinajstić information content (AvgIpc) is 2.37. The SMILES string of the molecule is CCCCCCNC(=O)CSC1CCNCC1. The molecule has 3 nitrogen and oxygen atoms in total.